The summed E-state index contributed by atoms with van der Waals surface area (Å²) in [5, 5.41) is 2.53. The van der Waals surface area contributed by atoms with Gasteiger partial charge in [0.2, 0.25) is 0 Å². The second-order valence-corrected chi connectivity index (χ2v) is 6.60. The minimum atomic E-state index is -1.13. The Morgan fingerprint density at radius 1 is 1.15 bits per heavy atom. The van der Waals surface area contributed by atoms with Crippen LogP contribution in [0, 0.1) is 11.6 Å². The van der Waals surface area contributed by atoms with Crippen molar-refractivity contribution in [3.05, 3.63) is 59.7 Å². The number of hydrogen-bond donors (Lipinski definition) is 1. The average Bonchev–Trinajstić information content (AvgIpc) is 2.62. The van der Waals surface area contributed by atoms with Gasteiger partial charge >= 0.3 is 5.97 Å². The Kier molecular flexibility index (Phi) is 7.06. The number of thioether (sulfide) groups is 1. The highest BCUT2D eigenvalue weighted by atomic mass is 32.2. The van der Waals surface area contributed by atoms with E-state index in [0.29, 0.717) is 11.3 Å². The molecule has 0 heterocycles. The summed E-state index contributed by atoms with van der Waals surface area (Å²) >= 11 is 0.767. The third-order valence-electron chi connectivity index (χ3n) is 3.48. The quantitative estimate of drug-likeness (QED) is 0.440. The topological polar surface area (TPSA) is 72.5 Å². The summed E-state index contributed by atoms with van der Waals surface area (Å²) in [5.74, 6) is -3.15. The zero-order valence-corrected chi connectivity index (χ0v) is 15.4. The van der Waals surface area contributed by atoms with Gasteiger partial charge in [-0.05, 0) is 44.2 Å². The van der Waals surface area contributed by atoms with Gasteiger partial charge in [-0.1, -0.05) is 12.1 Å². The van der Waals surface area contributed by atoms with E-state index in [4.69, 9.17) is 4.74 Å². The van der Waals surface area contributed by atoms with E-state index in [1.54, 1.807) is 24.3 Å². The summed E-state index contributed by atoms with van der Waals surface area (Å²) in [7, 11) is 0. The zero-order chi connectivity index (χ0) is 20.0. The molecule has 0 bridgehead atoms. The van der Waals surface area contributed by atoms with Crippen molar-refractivity contribution in [1.29, 1.82) is 0 Å². The Labute approximate surface area is 159 Å². The fourth-order valence-electron chi connectivity index (χ4n) is 2.14. The van der Waals surface area contributed by atoms with E-state index in [1.165, 1.54) is 13.8 Å². The number of rotatable bonds is 7. The van der Waals surface area contributed by atoms with E-state index >= 15 is 0 Å². The number of carbonyl (C=O) groups is 3. The monoisotopic (exact) mass is 393 g/mol. The highest BCUT2D eigenvalue weighted by molar-refractivity contribution is 8.00. The minimum Gasteiger partial charge on any atom is -0.452 e. The number of ether oxygens (including phenoxy) is 1. The summed E-state index contributed by atoms with van der Waals surface area (Å²) in [4.78, 5) is 35.6. The van der Waals surface area contributed by atoms with Crippen LogP contribution in [0.15, 0.2) is 47.4 Å². The summed E-state index contributed by atoms with van der Waals surface area (Å²) < 4.78 is 31.6. The normalized spacial score (nSPS) is 11.6. The van der Waals surface area contributed by atoms with Crippen LogP contribution in [-0.2, 0) is 14.3 Å². The predicted octanol–water partition coefficient (Wildman–Crippen LogP) is 3.83. The molecule has 1 N–H and O–H groups in total. The molecule has 0 aliphatic carbocycles. The molecule has 0 spiro atoms. The summed E-state index contributed by atoms with van der Waals surface area (Å²) in [6.07, 6.45) is -1.13. The molecule has 8 heteroatoms. The first-order chi connectivity index (χ1) is 12.8. The fraction of sp³-hybridized carbons (Fsp3) is 0.211. The minimum absolute atomic E-state index is 0.0283. The number of Topliss-reactive ketones (excluding diaryl/α,β-unsaturated/α-hetero) is 1. The SMILES string of the molecule is CC(=O)c1ccccc1NC(=O)[C@H](C)OC(=O)CSc1cc(F)ccc1F. The molecule has 0 saturated heterocycles. The zero-order valence-electron chi connectivity index (χ0n) is 14.6. The molecule has 1 amide bonds. The van der Waals surface area contributed by atoms with Crippen LogP contribution in [0.25, 0.3) is 0 Å². The van der Waals surface area contributed by atoms with Gasteiger partial charge in [0.15, 0.2) is 11.9 Å². The molecule has 0 fully saturated rings. The van der Waals surface area contributed by atoms with Gasteiger partial charge in [-0.15, -0.1) is 11.8 Å². The lowest BCUT2D eigenvalue weighted by Gasteiger charge is -2.15. The molecule has 2 aromatic rings. The molecule has 1 atom stereocenters. The van der Waals surface area contributed by atoms with Crippen molar-refractivity contribution < 1.29 is 27.9 Å². The van der Waals surface area contributed by atoms with E-state index in [0.717, 1.165) is 30.0 Å². The summed E-state index contributed by atoms with van der Waals surface area (Å²) in [6, 6.07) is 9.36. The van der Waals surface area contributed by atoms with Crippen LogP contribution >= 0.6 is 11.8 Å². The number of anilines is 1. The van der Waals surface area contributed by atoms with Crippen LogP contribution in [0.1, 0.15) is 24.2 Å². The number of amides is 1. The first-order valence-electron chi connectivity index (χ1n) is 7.96. The van der Waals surface area contributed by atoms with Crippen molar-refractivity contribution in [1.82, 2.24) is 0 Å². The molecule has 0 aromatic heterocycles. The molecule has 2 aromatic carbocycles. The van der Waals surface area contributed by atoms with Gasteiger partial charge in [-0.2, -0.15) is 0 Å². The Morgan fingerprint density at radius 3 is 2.56 bits per heavy atom. The molecular formula is C19H17F2NO4S. The first kappa shape index (κ1) is 20.6. The second kappa shape index (κ2) is 9.27. The molecule has 0 saturated carbocycles. The van der Waals surface area contributed by atoms with Crippen LogP contribution in [0.2, 0.25) is 0 Å². The second-order valence-electron chi connectivity index (χ2n) is 5.59. The number of carbonyl (C=O) groups excluding carboxylic acids is 3. The van der Waals surface area contributed by atoms with Gasteiger partial charge < -0.3 is 10.1 Å². The average molecular weight is 393 g/mol. The van der Waals surface area contributed by atoms with Crippen molar-refractivity contribution in [2.75, 3.05) is 11.1 Å². The number of ketones is 1. The summed E-state index contributed by atoms with van der Waals surface area (Å²) in [6.45, 7) is 2.74. The van der Waals surface area contributed by atoms with Crippen molar-refractivity contribution in [3.63, 3.8) is 0 Å². The number of esters is 1. The van der Waals surface area contributed by atoms with Crippen molar-refractivity contribution in [3.8, 4) is 0 Å². The summed E-state index contributed by atoms with van der Waals surface area (Å²) in [5.41, 5.74) is 0.649. The van der Waals surface area contributed by atoms with Gasteiger partial charge in [0.25, 0.3) is 5.91 Å². The Bertz CT molecular complexity index is 873. The molecule has 0 unspecified atom stereocenters. The number of benzene rings is 2. The maximum absolute atomic E-state index is 13.5. The fourth-order valence-corrected chi connectivity index (χ4v) is 2.89. The lowest BCUT2D eigenvalue weighted by Crippen LogP contribution is -2.31. The Hall–Kier alpha value is -2.74. The van der Waals surface area contributed by atoms with Crippen LogP contribution < -0.4 is 5.32 Å². The molecule has 5 nitrogen and oxygen atoms in total. The van der Waals surface area contributed by atoms with E-state index in [9.17, 15) is 23.2 Å². The number of nitrogens with one attached hydrogen (secondary N) is 1. The van der Waals surface area contributed by atoms with Crippen LogP contribution in [0.5, 0.6) is 0 Å². The van der Waals surface area contributed by atoms with E-state index < -0.39 is 29.6 Å². The van der Waals surface area contributed by atoms with Crippen molar-refractivity contribution in [2.24, 2.45) is 0 Å². The van der Waals surface area contributed by atoms with Gasteiger partial charge in [0, 0.05) is 10.5 Å². The van der Waals surface area contributed by atoms with Gasteiger partial charge in [-0.25, -0.2) is 8.78 Å². The van der Waals surface area contributed by atoms with Gasteiger partial charge in [0.1, 0.15) is 11.6 Å². The molecule has 142 valence electrons. The standard InChI is InChI=1S/C19H17F2NO4S/c1-11(23)14-5-3-4-6-16(14)22-19(25)12(2)26-18(24)10-27-17-9-13(20)7-8-15(17)21/h3-9,12H,10H2,1-2H3,(H,22,25)/t12-/m0/s1. The highest BCUT2D eigenvalue weighted by Gasteiger charge is 2.20. The van der Waals surface area contributed by atoms with Crippen LogP contribution in [0.3, 0.4) is 0 Å². The Balaban J connectivity index is 1.91. The number of para-hydroxylation sites is 1. The third-order valence-corrected chi connectivity index (χ3v) is 4.48. The molecule has 27 heavy (non-hydrogen) atoms. The maximum Gasteiger partial charge on any atom is 0.317 e. The molecule has 0 radical (unpaired) electrons. The van der Waals surface area contributed by atoms with Gasteiger partial charge in [-0.3, -0.25) is 14.4 Å². The van der Waals surface area contributed by atoms with E-state index in [2.05, 4.69) is 5.32 Å². The lowest BCUT2D eigenvalue weighted by atomic mass is 10.1. The number of halogens is 2. The van der Waals surface area contributed by atoms with Crippen LogP contribution in [-0.4, -0.2) is 29.5 Å². The molecule has 2 rings (SSSR count). The molecule has 0 aliphatic heterocycles. The maximum atomic E-state index is 13.5. The Morgan fingerprint density at radius 2 is 1.85 bits per heavy atom. The molecule has 0 aliphatic rings. The lowest BCUT2D eigenvalue weighted by molar-refractivity contribution is -0.150. The van der Waals surface area contributed by atoms with Crippen molar-refractivity contribution in [2.45, 2.75) is 24.8 Å². The van der Waals surface area contributed by atoms with Gasteiger partial charge in [0.05, 0.1) is 11.4 Å². The van der Waals surface area contributed by atoms with Crippen LogP contribution in [0.4, 0.5) is 14.5 Å². The van der Waals surface area contributed by atoms with Crippen molar-refractivity contribution >= 4 is 35.1 Å². The first-order valence-corrected chi connectivity index (χ1v) is 8.94. The number of hydrogen-bond acceptors (Lipinski definition) is 5. The largest absolute Gasteiger partial charge is 0.452 e. The van der Waals surface area contributed by atoms with E-state index in [-0.39, 0.29) is 16.4 Å². The highest BCUT2D eigenvalue weighted by Crippen LogP contribution is 2.23. The molecular weight excluding hydrogens is 376 g/mol. The van der Waals surface area contributed by atoms with E-state index in [1.807, 2.05) is 0 Å². The predicted molar refractivity (Wildman–Crippen MR) is 97.7 cm³/mol. The smallest absolute Gasteiger partial charge is 0.317 e. The third kappa shape index (κ3) is 5.89.